The molecule has 2 heterocycles. The maximum absolute atomic E-state index is 11.0. The number of rotatable bonds is 3. The molecule has 35 heavy (non-hydrogen) atoms. The number of benzene rings is 3. The first-order valence-electron chi connectivity index (χ1n) is 12.2. The predicted octanol–water partition coefficient (Wildman–Crippen LogP) is 6.72. The zero-order valence-corrected chi connectivity index (χ0v) is 21.8. The molecule has 6 heteroatoms. The van der Waals surface area contributed by atoms with Crippen molar-refractivity contribution in [3.63, 3.8) is 0 Å². The zero-order chi connectivity index (χ0) is 25.6. The van der Waals surface area contributed by atoms with Crippen molar-refractivity contribution in [3.05, 3.63) is 83.9 Å². The van der Waals surface area contributed by atoms with Crippen LogP contribution in [0.25, 0.3) is 20.5 Å². The highest BCUT2D eigenvalue weighted by Gasteiger charge is 2.21. The molecule has 5 nitrogen and oxygen atoms in total. The molecule has 5 rings (SSSR count). The molecule has 1 aromatic heterocycles. The number of hydrogen-bond acceptors (Lipinski definition) is 6. The quantitative estimate of drug-likeness (QED) is 0.254. The first-order chi connectivity index (χ1) is 17.1. The van der Waals surface area contributed by atoms with Crippen molar-refractivity contribution in [2.75, 3.05) is 26.3 Å². The molecule has 1 atom stereocenters. The van der Waals surface area contributed by atoms with Crippen LogP contribution < -0.4 is 5.32 Å². The van der Waals surface area contributed by atoms with E-state index in [1.807, 2.05) is 64.1 Å². The van der Waals surface area contributed by atoms with E-state index in [2.05, 4.69) is 5.32 Å². The van der Waals surface area contributed by atoms with Gasteiger partial charge in [0.1, 0.15) is 17.6 Å². The zero-order valence-electron chi connectivity index (χ0n) is 21.0. The minimum Gasteiger partial charge on any atom is -0.508 e. The lowest BCUT2D eigenvalue weighted by Gasteiger charge is -2.14. The standard InChI is InChI=1S/C21H16O3S.C4H9NO.2C2H6/c22-15-9-5-13(6-10-15)20(24)19-17-3-1-2-4-18(17)25-21(19)14-7-11-16(23)12-8-14;1-3-6-4-2-5-1;2*1-2/h1-12,20,22-24H;5H,1-4H2;2*1-2H3. The van der Waals surface area contributed by atoms with Crippen molar-refractivity contribution >= 4 is 21.4 Å². The molecule has 0 saturated carbocycles. The van der Waals surface area contributed by atoms with Crippen LogP contribution in [-0.4, -0.2) is 41.6 Å². The number of phenolic OH excluding ortho intramolecular Hbond substituents is 2. The molecule has 1 unspecified atom stereocenters. The average molecular weight is 496 g/mol. The molecule has 0 radical (unpaired) electrons. The van der Waals surface area contributed by atoms with Crippen LogP contribution in [-0.2, 0) is 4.74 Å². The van der Waals surface area contributed by atoms with E-state index in [1.54, 1.807) is 47.7 Å². The lowest BCUT2D eigenvalue weighted by molar-refractivity contribution is 0.109. The van der Waals surface area contributed by atoms with Gasteiger partial charge in [-0.3, -0.25) is 0 Å². The van der Waals surface area contributed by atoms with Gasteiger partial charge in [0.25, 0.3) is 0 Å². The predicted molar refractivity (Wildman–Crippen MR) is 147 cm³/mol. The summed E-state index contributed by atoms with van der Waals surface area (Å²) in [6.45, 7) is 11.8. The van der Waals surface area contributed by atoms with Crippen molar-refractivity contribution < 1.29 is 20.1 Å². The van der Waals surface area contributed by atoms with Gasteiger partial charge in [-0.1, -0.05) is 58.0 Å². The van der Waals surface area contributed by atoms with E-state index < -0.39 is 6.10 Å². The average Bonchev–Trinajstić information content (AvgIpc) is 3.32. The molecule has 0 spiro atoms. The fraction of sp³-hybridized carbons (Fsp3) is 0.310. The van der Waals surface area contributed by atoms with E-state index in [0.717, 1.165) is 58.0 Å². The third-order valence-corrected chi connectivity index (χ3v) is 6.33. The molecular weight excluding hydrogens is 458 g/mol. The van der Waals surface area contributed by atoms with E-state index in [1.165, 1.54) is 0 Å². The molecule has 3 aromatic carbocycles. The first-order valence-corrected chi connectivity index (χ1v) is 13.0. The second-order valence-corrected chi connectivity index (χ2v) is 8.30. The summed E-state index contributed by atoms with van der Waals surface area (Å²) in [5, 5.41) is 34.3. The van der Waals surface area contributed by atoms with E-state index in [0.29, 0.717) is 0 Å². The summed E-state index contributed by atoms with van der Waals surface area (Å²) in [4.78, 5) is 0.974. The third kappa shape index (κ3) is 7.80. The van der Waals surface area contributed by atoms with Gasteiger partial charge >= 0.3 is 0 Å². The molecule has 1 saturated heterocycles. The smallest absolute Gasteiger partial charge is 0.115 e. The Morgan fingerprint density at radius 2 is 1.31 bits per heavy atom. The summed E-state index contributed by atoms with van der Waals surface area (Å²) in [6.07, 6.45) is -0.805. The van der Waals surface area contributed by atoms with Gasteiger partial charge in [0, 0.05) is 28.2 Å². The fourth-order valence-electron chi connectivity index (χ4n) is 3.50. The van der Waals surface area contributed by atoms with Crippen molar-refractivity contribution in [2.45, 2.75) is 33.8 Å². The van der Waals surface area contributed by atoms with Crippen LogP contribution in [0.3, 0.4) is 0 Å². The largest absolute Gasteiger partial charge is 0.508 e. The Hall–Kier alpha value is -2.90. The molecule has 1 aliphatic rings. The van der Waals surface area contributed by atoms with Crippen LogP contribution in [0.5, 0.6) is 11.5 Å². The Balaban J connectivity index is 0.000000368. The van der Waals surface area contributed by atoms with Crippen LogP contribution in [0.4, 0.5) is 0 Å². The van der Waals surface area contributed by atoms with Gasteiger partial charge < -0.3 is 25.4 Å². The number of aliphatic hydroxyl groups excluding tert-OH is 1. The van der Waals surface area contributed by atoms with Crippen LogP contribution in [0, 0.1) is 0 Å². The Morgan fingerprint density at radius 1 is 0.771 bits per heavy atom. The summed E-state index contributed by atoms with van der Waals surface area (Å²) in [5.74, 6) is 0.385. The van der Waals surface area contributed by atoms with Crippen molar-refractivity contribution in [2.24, 2.45) is 0 Å². The SMILES string of the molecule is C1COCCN1.CC.CC.Oc1ccc(-c2sc3ccccc3c2C(O)c2ccc(O)cc2)cc1. The molecular formula is C29H37NO4S. The summed E-state index contributed by atoms with van der Waals surface area (Å²) in [6, 6.07) is 21.6. The van der Waals surface area contributed by atoms with Gasteiger partial charge in [0.15, 0.2) is 0 Å². The highest BCUT2D eigenvalue weighted by molar-refractivity contribution is 7.22. The first kappa shape index (κ1) is 28.3. The number of aromatic hydroxyl groups is 2. The van der Waals surface area contributed by atoms with Gasteiger partial charge in [-0.25, -0.2) is 0 Å². The van der Waals surface area contributed by atoms with Gasteiger partial charge in [0.05, 0.1) is 13.2 Å². The summed E-state index contributed by atoms with van der Waals surface area (Å²) >= 11 is 1.62. The summed E-state index contributed by atoms with van der Waals surface area (Å²) in [7, 11) is 0. The second kappa shape index (κ2) is 15.2. The molecule has 0 bridgehead atoms. The van der Waals surface area contributed by atoms with Gasteiger partial charge in [-0.2, -0.15) is 0 Å². The fourth-order valence-corrected chi connectivity index (χ4v) is 4.74. The van der Waals surface area contributed by atoms with Gasteiger partial charge in [0.2, 0.25) is 0 Å². The normalized spacial score (nSPS) is 13.3. The van der Waals surface area contributed by atoms with E-state index in [4.69, 9.17) is 4.74 Å². The Bertz CT molecular complexity index is 1110. The number of ether oxygens (including phenoxy) is 1. The summed E-state index contributed by atoms with van der Waals surface area (Å²) in [5.41, 5.74) is 2.52. The van der Waals surface area contributed by atoms with Crippen LogP contribution >= 0.6 is 11.3 Å². The van der Waals surface area contributed by atoms with Gasteiger partial charge in [-0.05, 0) is 59.0 Å². The molecule has 1 aliphatic heterocycles. The van der Waals surface area contributed by atoms with Gasteiger partial charge in [-0.15, -0.1) is 11.3 Å². The molecule has 1 fully saturated rings. The van der Waals surface area contributed by atoms with E-state index in [9.17, 15) is 15.3 Å². The summed E-state index contributed by atoms with van der Waals surface area (Å²) < 4.78 is 6.10. The van der Waals surface area contributed by atoms with Crippen LogP contribution in [0.1, 0.15) is 44.9 Å². The minimum absolute atomic E-state index is 0.171. The van der Waals surface area contributed by atoms with Crippen LogP contribution in [0.2, 0.25) is 0 Å². The lowest BCUT2D eigenvalue weighted by atomic mass is 9.96. The van der Waals surface area contributed by atoms with Crippen molar-refractivity contribution in [1.82, 2.24) is 5.32 Å². The monoisotopic (exact) mass is 495 g/mol. The van der Waals surface area contributed by atoms with E-state index in [-0.39, 0.29) is 11.5 Å². The molecule has 0 amide bonds. The number of fused-ring (bicyclic) bond motifs is 1. The topological polar surface area (TPSA) is 82.0 Å². The van der Waals surface area contributed by atoms with Crippen molar-refractivity contribution in [3.8, 4) is 21.9 Å². The third-order valence-electron chi connectivity index (χ3n) is 5.09. The van der Waals surface area contributed by atoms with Crippen molar-refractivity contribution in [1.29, 1.82) is 0 Å². The Kier molecular flexibility index (Phi) is 12.3. The Morgan fingerprint density at radius 3 is 1.83 bits per heavy atom. The number of morpholine rings is 1. The highest BCUT2D eigenvalue weighted by Crippen LogP contribution is 2.44. The second-order valence-electron chi connectivity index (χ2n) is 7.24. The number of phenols is 2. The molecule has 4 N–H and O–H groups in total. The number of aliphatic hydroxyl groups is 1. The maximum Gasteiger partial charge on any atom is 0.115 e. The van der Waals surface area contributed by atoms with Crippen LogP contribution in [0.15, 0.2) is 72.8 Å². The molecule has 4 aromatic rings. The lowest BCUT2D eigenvalue weighted by Crippen LogP contribution is -2.30. The maximum atomic E-state index is 11.0. The Labute approximate surface area is 212 Å². The molecule has 0 aliphatic carbocycles. The number of nitrogens with one attached hydrogen (secondary N) is 1. The highest BCUT2D eigenvalue weighted by atomic mass is 32.1. The number of thiophene rings is 1. The minimum atomic E-state index is -0.805. The van der Waals surface area contributed by atoms with E-state index >= 15 is 0 Å². The molecule has 188 valence electrons. The number of hydrogen-bond donors (Lipinski definition) is 4.